The van der Waals surface area contributed by atoms with Gasteiger partial charge in [-0.05, 0) is 32.0 Å². The molecule has 0 bridgehead atoms. The van der Waals surface area contributed by atoms with Crippen LogP contribution in [0.1, 0.15) is 18.2 Å². The van der Waals surface area contributed by atoms with Crippen molar-refractivity contribution in [1.29, 1.82) is 0 Å². The molecule has 0 fully saturated rings. The third-order valence-corrected chi connectivity index (χ3v) is 3.85. The highest BCUT2D eigenvalue weighted by Gasteiger charge is 2.02. The number of methoxy groups -OCH3 is 1. The van der Waals surface area contributed by atoms with E-state index in [4.69, 9.17) is 4.74 Å². The SMILES string of the molecule is C=C(C)CN=c1scc(C)n1N=Cc1cc(OC)ccc1O. The molecule has 5 nitrogen and oxygen atoms in total. The maximum atomic E-state index is 9.89. The lowest BCUT2D eigenvalue weighted by Crippen LogP contribution is -2.13. The zero-order valence-corrected chi connectivity index (χ0v) is 13.7. The molecule has 0 aliphatic carbocycles. The number of nitrogens with zero attached hydrogens (tertiary/aromatic N) is 3. The summed E-state index contributed by atoms with van der Waals surface area (Å²) < 4.78 is 6.90. The average molecular weight is 317 g/mol. The van der Waals surface area contributed by atoms with Gasteiger partial charge in [-0.2, -0.15) is 5.10 Å². The number of hydrogen-bond acceptors (Lipinski definition) is 5. The highest BCUT2D eigenvalue weighted by atomic mass is 32.1. The van der Waals surface area contributed by atoms with Gasteiger partial charge in [-0.1, -0.05) is 12.2 Å². The molecule has 0 saturated carbocycles. The predicted octanol–water partition coefficient (Wildman–Crippen LogP) is 2.93. The van der Waals surface area contributed by atoms with E-state index in [9.17, 15) is 5.11 Å². The number of aryl methyl sites for hydroxylation is 1. The van der Waals surface area contributed by atoms with Crippen LogP contribution < -0.4 is 9.54 Å². The van der Waals surface area contributed by atoms with Crippen LogP contribution in [0.3, 0.4) is 0 Å². The lowest BCUT2D eigenvalue weighted by Gasteiger charge is -2.03. The first-order chi connectivity index (χ1) is 10.5. The second kappa shape index (κ2) is 7.09. The summed E-state index contributed by atoms with van der Waals surface area (Å²) in [4.78, 5) is 5.27. The molecule has 0 radical (unpaired) electrons. The fourth-order valence-corrected chi connectivity index (χ4v) is 2.52. The Bertz CT molecular complexity index is 772. The summed E-state index contributed by atoms with van der Waals surface area (Å²) in [5.74, 6) is 0.817. The number of ether oxygens (including phenoxy) is 1. The second-order valence-electron chi connectivity index (χ2n) is 4.91. The Morgan fingerprint density at radius 2 is 2.27 bits per heavy atom. The van der Waals surface area contributed by atoms with Gasteiger partial charge < -0.3 is 9.84 Å². The number of hydrogen-bond donors (Lipinski definition) is 1. The first-order valence-electron chi connectivity index (χ1n) is 6.74. The molecule has 0 aliphatic rings. The first kappa shape index (κ1) is 16.0. The molecule has 0 aliphatic heterocycles. The van der Waals surface area contributed by atoms with Crippen molar-refractivity contribution < 1.29 is 9.84 Å². The third kappa shape index (κ3) is 3.85. The van der Waals surface area contributed by atoms with Crippen molar-refractivity contribution in [2.45, 2.75) is 13.8 Å². The molecule has 1 aromatic heterocycles. The van der Waals surface area contributed by atoms with E-state index < -0.39 is 0 Å². The second-order valence-corrected chi connectivity index (χ2v) is 5.75. The van der Waals surface area contributed by atoms with Crippen molar-refractivity contribution >= 4 is 17.6 Å². The summed E-state index contributed by atoms with van der Waals surface area (Å²) in [6.45, 7) is 8.31. The lowest BCUT2D eigenvalue weighted by molar-refractivity contribution is 0.412. The number of rotatable bonds is 5. The van der Waals surface area contributed by atoms with Gasteiger partial charge in [0.2, 0.25) is 4.80 Å². The van der Waals surface area contributed by atoms with Gasteiger partial charge in [0.05, 0.1) is 25.6 Å². The fourth-order valence-electron chi connectivity index (χ4n) is 1.72. The Morgan fingerprint density at radius 3 is 2.95 bits per heavy atom. The molecule has 1 heterocycles. The molecule has 6 heteroatoms. The van der Waals surface area contributed by atoms with Gasteiger partial charge in [0.15, 0.2) is 0 Å². The minimum atomic E-state index is 0.151. The Kier molecular flexibility index (Phi) is 5.16. The summed E-state index contributed by atoms with van der Waals surface area (Å²) in [7, 11) is 1.58. The first-order valence-corrected chi connectivity index (χ1v) is 7.62. The van der Waals surface area contributed by atoms with Crippen molar-refractivity contribution in [2.75, 3.05) is 13.7 Å². The van der Waals surface area contributed by atoms with Crippen LogP contribution in [0.5, 0.6) is 11.5 Å². The normalized spacial score (nSPS) is 12.0. The quantitative estimate of drug-likeness (QED) is 0.681. The maximum absolute atomic E-state index is 9.89. The van der Waals surface area contributed by atoms with Gasteiger partial charge >= 0.3 is 0 Å². The molecule has 0 amide bonds. The third-order valence-electron chi connectivity index (χ3n) is 2.88. The van der Waals surface area contributed by atoms with E-state index in [0.717, 1.165) is 16.1 Å². The summed E-state index contributed by atoms with van der Waals surface area (Å²) in [5, 5.41) is 16.3. The van der Waals surface area contributed by atoms with E-state index in [1.54, 1.807) is 36.2 Å². The number of phenolic OH excluding ortho intramolecular Hbond substituents is 1. The monoisotopic (exact) mass is 317 g/mol. The van der Waals surface area contributed by atoms with Crippen LogP contribution in [-0.2, 0) is 0 Å². The van der Waals surface area contributed by atoms with Gasteiger partial charge in [0.1, 0.15) is 11.5 Å². The molecule has 2 aromatic rings. The standard InChI is InChI=1S/C16H19N3O2S/c1-11(2)8-17-16-19(12(3)10-22-16)18-9-13-7-14(21-4)5-6-15(13)20/h5-7,9-10,20H,1,8H2,2-4H3. The zero-order chi connectivity index (χ0) is 16.1. The highest BCUT2D eigenvalue weighted by molar-refractivity contribution is 7.07. The number of benzene rings is 1. The van der Waals surface area contributed by atoms with Crippen molar-refractivity contribution in [2.24, 2.45) is 10.1 Å². The van der Waals surface area contributed by atoms with Gasteiger partial charge in [-0.15, -0.1) is 11.3 Å². The van der Waals surface area contributed by atoms with E-state index in [-0.39, 0.29) is 5.75 Å². The summed E-state index contributed by atoms with van der Waals surface area (Å²) in [6, 6.07) is 5.01. The Hall–Kier alpha value is -2.34. The minimum absolute atomic E-state index is 0.151. The van der Waals surface area contributed by atoms with E-state index in [1.165, 1.54) is 11.3 Å². The molecule has 116 valence electrons. The average Bonchev–Trinajstić information content (AvgIpc) is 2.84. The van der Waals surface area contributed by atoms with Crippen molar-refractivity contribution in [3.8, 4) is 11.5 Å². The van der Waals surface area contributed by atoms with E-state index >= 15 is 0 Å². The molecular formula is C16H19N3O2S. The van der Waals surface area contributed by atoms with Crippen LogP contribution in [0.2, 0.25) is 0 Å². The maximum Gasteiger partial charge on any atom is 0.206 e. The number of aromatic hydroxyl groups is 1. The highest BCUT2D eigenvalue weighted by Crippen LogP contribution is 2.21. The van der Waals surface area contributed by atoms with Crippen LogP contribution in [0, 0.1) is 6.92 Å². The predicted molar refractivity (Wildman–Crippen MR) is 89.9 cm³/mol. The lowest BCUT2D eigenvalue weighted by atomic mass is 10.2. The van der Waals surface area contributed by atoms with E-state index in [1.807, 2.05) is 19.2 Å². The molecule has 22 heavy (non-hydrogen) atoms. The van der Waals surface area contributed by atoms with Crippen molar-refractivity contribution in [1.82, 2.24) is 4.68 Å². The smallest absolute Gasteiger partial charge is 0.206 e. The van der Waals surface area contributed by atoms with E-state index in [0.29, 0.717) is 17.9 Å². The zero-order valence-electron chi connectivity index (χ0n) is 12.9. The molecule has 0 saturated heterocycles. The van der Waals surface area contributed by atoms with Crippen LogP contribution in [0.25, 0.3) is 0 Å². The summed E-state index contributed by atoms with van der Waals surface area (Å²) in [6.07, 6.45) is 1.59. The molecular weight excluding hydrogens is 298 g/mol. The summed E-state index contributed by atoms with van der Waals surface area (Å²) in [5.41, 5.74) is 2.56. The van der Waals surface area contributed by atoms with Crippen molar-refractivity contribution in [3.05, 3.63) is 51.8 Å². The summed E-state index contributed by atoms with van der Waals surface area (Å²) >= 11 is 1.52. The topological polar surface area (TPSA) is 59.1 Å². The van der Waals surface area contributed by atoms with Crippen molar-refractivity contribution in [3.63, 3.8) is 0 Å². The van der Waals surface area contributed by atoms with Crippen LogP contribution in [-0.4, -0.2) is 29.7 Å². The molecule has 0 atom stereocenters. The van der Waals surface area contributed by atoms with Gasteiger partial charge in [0, 0.05) is 10.9 Å². The molecule has 1 N–H and O–H groups in total. The fraction of sp³-hybridized carbons (Fsp3) is 0.250. The number of thiazole rings is 1. The van der Waals surface area contributed by atoms with E-state index in [2.05, 4.69) is 16.7 Å². The molecule has 0 spiro atoms. The van der Waals surface area contributed by atoms with Gasteiger partial charge in [-0.3, -0.25) is 4.99 Å². The van der Waals surface area contributed by atoms with Crippen LogP contribution in [0.4, 0.5) is 0 Å². The molecule has 2 rings (SSSR count). The van der Waals surface area contributed by atoms with Crippen LogP contribution in [0.15, 0.2) is 45.8 Å². The number of phenols is 1. The molecule has 0 unspecified atom stereocenters. The minimum Gasteiger partial charge on any atom is -0.507 e. The molecule has 1 aromatic carbocycles. The largest absolute Gasteiger partial charge is 0.507 e. The Labute approximate surface area is 133 Å². The Morgan fingerprint density at radius 1 is 1.50 bits per heavy atom. The van der Waals surface area contributed by atoms with Gasteiger partial charge in [0.25, 0.3) is 0 Å². The van der Waals surface area contributed by atoms with Gasteiger partial charge in [-0.25, -0.2) is 4.68 Å². The number of aromatic nitrogens is 1. The van der Waals surface area contributed by atoms with Crippen LogP contribution >= 0.6 is 11.3 Å². The Balaban J connectivity index is 2.36.